The van der Waals surface area contributed by atoms with Crippen molar-refractivity contribution in [3.8, 4) is 0 Å². The van der Waals surface area contributed by atoms with E-state index in [0.29, 0.717) is 12.1 Å². The van der Waals surface area contributed by atoms with Crippen LogP contribution in [0.4, 0.5) is 5.69 Å². The van der Waals surface area contributed by atoms with Gasteiger partial charge in [-0.15, -0.1) is 0 Å². The number of imidazole rings is 1. The molecule has 2 amide bonds. The van der Waals surface area contributed by atoms with E-state index in [9.17, 15) is 9.59 Å². The fraction of sp³-hybridized carbons (Fsp3) is 0.421. The molecule has 0 bridgehead atoms. The first-order chi connectivity index (χ1) is 12.5. The van der Waals surface area contributed by atoms with E-state index in [0.717, 1.165) is 30.9 Å². The average Bonchev–Trinajstić information content (AvgIpc) is 3.08. The molecule has 0 aliphatic carbocycles. The number of rotatable bonds is 5. The molecule has 1 aliphatic heterocycles. The summed E-state index contributed by atoms with van der Waals surface area (Å²) in [5.74, 6) is 0.565. The van der Waals surface area contributed by atoms with Gasteiger partial charge in [-0.1, -0.05) is 12.1 Å². The van der Waals surface area contributed by atoms with Gasteiger partial charge in [-0.3, -0.25) is 9.59 Å². The zero-order chi connectivity index (χ0) is 18.7. The number of benzene rings is 1. The summed E-state index contributed by atoms with van der Waals surface area (Å²) in [5.41, 5.74) is 6.94. The third-order valence-corrected chi connectivity index (χ3v) is 4.76. The molecule has 7 heteroatoms. The molecule has 0 saturated carbocycles. The number of carbonyl (C=O) groups excluding carboxylic acids is 2. The van der Waals surface area contributed by atoms with E-state index in [-0.39, 0.29) is 18.4 Å². The van der Waals surface area contributed by atoms with Crippen LogP contribution in [0.15, 0.2) is 36.7 Å². The number of para-hydroxylation sites is 1. The van der Waals surface area contributed by atoms with Crippen LogP contribution in [0.5, 0.6) is 0 Å². The van der Waals surface area contributed by atoms with Crippen molar-refractivity contribution >= 4 is 17.5 Å². The number of amides is 2. The number of likely N-dealkylation sites (tertiary alicyclic amines) is 1. The molecule has 1 aromatic heterocycles. The highest BCUT2D eigenvalue weighted by Gasteiger charge is 2.29. The lowest BCUT2D eigenvalue weighted by molar-refractivity contribution is -0.118. The molecule has 1 aromatic carbocycles. The Morgan fingerprint density at radius 2 is 2.08 bits per heavy atom. The summed E-state index contributed by atoms with van der Waals surface area (Å²) in [7, 11) is 3.87. The van der Waals surface area contributed by atoms with Gasteiger partial charge in [-0.05, 0) is 25.0 Å². The normalized spacial score (nSPS) is 17.2. The van der Waals surface area contributed by atoms with Crippen molar-refractivity contribution in [3.63, 3.8) is 0 Å². The summed E-state index contributed by atoms with van der Waals surface area (Å²) in [5, 5.41) is 0. The number of nitrogens with two attached hydrogens (primary N) is 1. The monoisotopic (exact) mass is 355 g/mol. The molecule has 2 N–H and O–H groups in total. The molecule has 1 atom stereocenters. The van der Waals surface area contributed by atoms with Crippen molar-refractivity contribution < 1.29 is 9.59 Å². The molecule has 0 radical (unpaired) electrons. The van der Waals surface area contributed by atoms with Gasteiger partial charge in [-0.25, -0.2) is 4.98 Å². The van der Waals surface area contributed by atoms with Gasteiger partial charge in [0, 0.05) is 51.2 Å². The topological polar surface area (TPSA) is 84.5 Å². The maximum Gasteiger partial charge on any atom is 0.255 e. The van der Waals surface area contributed by atoms with Gasteiger partial charge in [0.15, 0.2) is 0 Å². The van der Waals surface area contributed by atoms with Gasteiger partial charge in [0.25, 0.3) is 5.91 Å². The second-order valence-electron chi connectivity index (χ2n) is 6.88. The summed E-state index contributed by atoms with van der Waals surface area (Å²) in [6.07, 6.45) is 5.29. The Balaban J connectivity index is 1.80. The van der Waals surface area contributed by atoms with Crippen LogP contribution < -0.4 is 10.6 Å². The quantitative estimate of drug-likeness (QED) is 0.880. The fourth-order valence-electron chi connectivity index (χ4n) is 3.57. The maximum atomic E-state index is 13.1. The lowest BCUT2D eigenvalue weighted by Gasteiger charge is -2.33. The average molecular weight is 355 g/mol. The summed E-state index contributed by atoms with van der Waals surface area (Å²) < 4.78 is 1.79. The molecule has 2 aromatic rings. The summed E-state index contributed by atoms with van der Waals surface area (Å²) >= 11 is 0. The van der Waals surface area contributed by atoms with Crippen molar-refractivity contribution in [3.05, 3.63) is 48.0 Å². The summed E-state index contributed by atoms with van der Waals surface area (Å²) in [4.78, 5) is 32.6. The van der Waals surface area contributed by atoms with E-state index < -0.39 is 5.91 Å². The van der Waals surface area contributed by atoms with Crippen LogP contribution in [0.1, 0.15) is 34.9 Å². The van der Waals surface area contributed by atoms with Crippen LogP contribution in [0.2, 0.25) is 0 Å². The molecule has 1 aliphatic rings. The molecular weight excluding hydrogens is 330 g/mol. The number of carbonyl (C=O) groups is 2. The minimum Gasteiger partial charge on any atom is -0.377 e. The Kier molecular flexibility index (Phi) is 5.25. The van der Waals surface area contributed by atoms with Crippen molar-refractivity contribution in [2.75, 3.05) is 32.1 Å². The Bertz CT molecular complexity index is 799. The molecule has 1 saturated heterocycles. The van der Waals surface area contributed by atoms with Gasteiger partial charge in [0.1, 0.15) is 12.4 Å². The minimum absolute atomic E-state index is 0.0343. The number of nitrogens with zero attached hydrogens (tertiary/aromatic N) is 4. The fourth-order valence-corrected chi connectivity index (χ4v) is 3.57. The number of piperidine rings is 1. The summed E-state index contributed by atoms with van der Waals surface area (Å²) in [6.45, 7) is 1.44. The highest BCUT2D eigenvalue weighted by atomic mass is 16.2. The van der Waals surface area contributed by atoms with Gasteiger partial charge < -0.3 is 20.1 Å². The van der Waals surface area contributed by atoms with E-state index in [1.54, 1.807) is 17.0 Å². The first kappa shape index (κ1) is 18.0. The van der Waals surface area contributed by atoms with Crippen LogP contribution in [-0.2, 0) is 11.3 Å². The van der Waals surface area contributed by atoms with Gasteiger partial charge >= 0.3 is 0 Å². The zero-order valence-corrected chi connectivity index (χ0v) is 15.3. The maximum absolute atomic E-state index is 13.1. The Labute approximate surface area is 153 Å². The van der Waals surface area contributed by atoms with Crippen molar-refractivity contribution in [1.29, 1.82) is 0 Å². The molecule has 7 nitrogen and oxygen atoms in total. The van der Waals surface area contributed by atoms with E-state index in [1.807, 2.05) is 48.2 Å². The molecule has 26 heavy (non-hydrogen) atoms. The number of aromatic nitrogens is 2. The van der Waals surface area contributed by atoms with Crippen LogP contribution in [-0.4, -0.2) is 53.5 Å². The predicted molar refractivity (Wildman–Crippen MR) is 100 cm³/mol. The molecule has 1 fully saturated rings. The largest absolute Gasteiger partial charge is 0.377 e. The standard InChI is InChI=1S/C19H25N5O2/c1-22(2)16-8-4-3-7-15(16)19(26)24-10-5-6-14(12-24)18-21-9-11-23(18)13-17(20)25/h3-4,7-9,11,14H,5-6,10,12-13H2,1-2H3,(H2,20,25). The lowest BCUT2D eigenvalue weighted by Crippen LogP contribution is -2.40. The highest BCUT2D eigenvalue weighted by molar-refractivity contribution is 5.99. The van der Waals surface area contributed by atoms with E-state index in [1.165, 1.54) is 0 Å². The van der Waals surface area contributed by atoms with E-state index >= 15 is 0 Å². The molecule has 2 heterocycles. The molecule has 1 unspecified atom stereocenters. The number of anilines is 1. The van der Waals surface area contributed by atoms with E-state index in [2.05, 4.69) is 4.98 Å². The van der Waals surface area contributed by atoms with Crippen LogP contribution in [0.25, 0.3) is 0 Å². The molecule has 3 rings (SSSR count). The predicted octanol–water partition coefficient (Wildman–Crippen LogP) is 1.45. The Morgan fingerprint density at radius 1 is 1.31 bits per heavy atom. The third kappa shape index (κ3) is 3.71. The third-order valence-electron chi connectivity index (χ3n) is 4.76. The first-order valence-corrected chi connectivity index (χ1v) is 8.82. The van der Waals surface area contributed by atoms with Gasteiger partial charge in [0.05, 0.1) is 5.56 Å². The summed E-state index contributed by atoms with van der Waals surface area (Å²) in [6, 6.07) is 7.65. The minimum atomic E-state index is -0.395. The van der Waals surface area contributed by atoms with Crippen LogP contribution in [0.3, 0.4) is 0 Å². The number of hydrogen-bond donors (Lipinski definition) is 1. The van der Waals surface area contributed by atoms with Crippen LogP contribution >= 0.6 is 0 Å². The first-order valence-electron chi connectivity index (χ1n) is 8.82. The van der Waals surface area contributed by atoms with Crippen LogP contribution in [0, 0.1) is 0 Å². The molecule has 0 spiro atoms. The SMILES string of the molecule is CN(C)c1ccccc1C(=O)N1CCCC(c2nccn2CC(N)=O)C1. The van der Waals surface area contributed by atoms with Crippen molar-refractivity contribution in [1.82, 2.24) is 14.5 Å². The highest BCUT2D eigenvalue weighted by Crippen LogP contribution is 2.28. The zero-order valence-electron chi connectivity index (χ0n) is 15.3. The smallest absolute Gasteiger partial charge is 0.255 e. The lowest BCUT2D eigenvalue weighted by atomic mass is 9.96. The van der Waals surface area contributed by atoms with Crippen molar-refractivity contribution in [2.45, 2.75) is 25.3 Å². The number of primary amides is 1. The van der Waals surface area contributed by atoms with E-state index in [4.69, 9.17) is 5.73 Å². The molecular formula is C19H25N5O2. The number of hydrogen-bond acceptors (Lipinski definition) is 4. The molecule has 138 valence electrons. The van der Waals surface area contributed by atoms with Gasteiger partial charge in [-0.2, -0.15) is 0 Å². The Morgan fingerprint density at radius 3 is 2.81 bits per heavy atom. The second-order valence-corrected chi connectivity index (χ2v) is 6.88. The second kappa shape index (κ2) is 7.59. The van der Waals surface area contributed by atoms with Crippen molar-refractivity contribution in [2.24, 2.45) is 5.73 Å². The van der Waals surface area contributed by atoms with Gasteiger partial charge in [0.2, 0.25) is 5.91 Å². The Hall–Kier alpha value is -2.83.